The molecule has 0 aliphatic rings. The van der Waals surface area contributed by atoms with Gasteiger partial charge in [-0.15, -0.1) is 0 Å². The minimum atomic E-state index is -0.487. The fraction of sp³-hybridized carbons (Fsp3) is 0.667. The molecule has 15 heavy (non-hydrogen) atoms. The molecule has 0 spiro atoms. The first kappa shape index (κ1) is 13.9. The number of rotatable bonds is 6. The summed E-state index contributed by atoms with van der Waals surface area (Å²) in [6.45, 7) is 7.34. The van der Waals surface area contributed by atoms with Crippen molar-refractivity contribution in [3.63, 3.8) is 0 Å². The van der Waals surface area contributed by atoms with Crippen molar-refractivity contribution in [2.45, 2.75) is 47.0 Å². The molecule has 0 aliphatic heterocycles. The molecule has 0 aromatic rings. The van der Waals surface area contributed by atoms with Crippen molar-refractivity contribution in [2.24, 2.45) is 0 Å². The highest BCUT2D eigenvalue weighted by Crippen LogP contribution is 2.14. The molecular formula is C12H20O3. The van der Waals surface area contributed by atoms with Gasteiger partial charge in [0.2, 0.25) is 0 Å². The maximum atomic E-state index is 11.5. The van der Waals surface area contributed by atoms with Gasteiger partial charge in [-0.3, -0.25) is 4.79 Å². The highest BCUT2D eigenvalue weighted by atomic mass is 16.5. The molecule has 0 aromatic carbocycles. The van der Waals surface area contributed by atoms with Gasteiger partial charge in [-0.1, -0.05) is 18.9 Å². The standard InChI is InChI=1S/C12H20O3/c1-5-7-8-9(3)11(10(4)13)12(14)15-6-2/h5-8H2,1-4H3. The Hall–Kier alpha value is -1.12. The SMILES string of the molecule is CCCCC(C)=C(C(C)=O)C(=O)OCC. The summed E-state index contributed by atoms with van der Waals surface area (Å²) in [5.74, 6) is -0.694. The molecule has 0 radical (unpaired) electrons. The third kappa shape index (κ3) is 4.77. The van der Waals surface area contributed by atoms with E-state index in [-0.39, 0.29) is 11.4 Å². The number of carbonyl (C=O) groups excluding carboxylic acids is 2. The first-order valence-corrected chi connectivity index (χ1v) is 5.42. The van der Waals surface area contributed by atoms with Crippen LogP contribution in [0.1, 0.15) is 47.0 Å². The van der Waals surface area contributed by atoms with E-state index in [1.165, 1.54) is 6.92 Å². The predicted molar refractivity (Wildman–Crippen MR) is 59.5 cm³/mol. The number of hydrogen-bond acceptors (Lipinski definition) is 3. The van der Waals surface area contributed by atoms with Crippen LogP contribution in [0.15, 0.2) is 11.1 Å². The van der Waals surface area contributed by atoms with Crippen LogP contribution in [0.2, 0.25) is 0 Å². The van der Waals surface area contributed by atoms with Gasteiger partial charge in [-0.2, -0.15) is 0 Å². The lowest BCUT2D eigenvalue weighted by atomic mass is 10.0. The number of Topliss-reactive ketones (excluding diaryl/α,β-unsaturated/α-hetero) is 1. The summed E-state index contributed by atoms with van der Waals surface area (Å²) in [7, 11) is 0. The highest BCUT2D eigenvalue weighted by Gasteiger charge is 2.18. The molecule has 3 nitrogen and oxygen atoms in total. The zero-order valence-electron chi connectivity index (χ0n) is 10.1. The minimum Gasteiger partial charge on any atom is -0.462 e. The van der Waals surface area contributed by atoms with Crippen LogP contribution in [0, 0.1) is 0 Å². The van der Waals surface area contributed by atoms with E-state index in [1.807, 2.05) is 6.92 Å². The van der Waals surface area contributed by atoms with E-state index < -0.39 is 5.97 Å². The van der Waals surface area contributed by atoms with E-state index >= 15 is 0 Å². The molecule has 0 fully saturated rings. The summed E-state index contributed by atoms with van der Waals surface area (Å²) in [6, 6.07) is 0. The lowest BCUT2D eigenvalue weighted by Gasteiger charge is -2.08. The second-order valence-corrected chi connectivity index (χ2v) is 3.54. The van der Waals surface area contributed by atoms with Crippen LogP contribution in [0.3, 0.4) is 0 Å². The average Bonchev–Trinajstić information content (AvgIpc) is 2.14. The molecule has 0 atom stereocenters. The Labute approximate surface area is 91.5 Å². The molecule has 0 amide bonds. The number of esters is 1. The Morgan fingerprint density at radius 3 is 2.13 bits per heavy atom. The van der Waals surface area contributed by atoms with Gasteiger partial charge in [-0.05, 0) is 33.6 Å². The van der Waals surface area contributed by atoms with Gasteiger partial charge >= 0.3 is 5.97 Å². The third-order valence-corrected chi connectivity index (χ3v) is 2.16. The van der Waals surface area contributed by atoms with Crippen molar-refractivity contribution in [2.75, 3.05) is 6.61 Å². The van der Waals surface area contributed by atoms with Crippen molar-refractivity contribution >= 4 is 11.8 Å². The van der Waals surface area contributed by atoms with Crippen LogP contribution in [0.5, 0.6) is 0 Å². The maximum absolute atomic E-state index is 11.5. The molecule has 0 aliphatic carbocycles. The van der Waals surface area contributed by atoms with E-state index in [4.69, 9.17) is 4.74 Å². The second kappa shape index (κ2) is 7.21. The lowest BCUT2D eigenvalue weighted by Crippen LogP contribution is -2.15. The van der Waals surface area contributed by atoms with Crippen molar-refractivity contribution < 1.29 is 14.3 Å². The number of unbranched alkanes of at least 4 members (excludes halogenated alkanes) is 1. The van der Waals surface area contributed by atoms with Gasteiger partial charge in [0.1, 0.15) is 5.57 Å². The smallest absolute Gasteiger partial charge is 0.341 e. The Kier molecular flexibility index (Phi) is 6.67. The van der Waals surface area contributed by atoms with Gasteiger partial charge in [0, 0.05) is 0 Å². The minimum absolute atomic E-state index is 0.206. The van der Waals surface area contributed by atoms with E-state index in [1.54, 1.807) is 6.92 Å². The number of carbonyl (C=O) groups is 2. The zero-order valence-corrected chi connectivity index (χ0v) is 10.1. The third-order valence-electron chi connectivity index (χ3n) is 2.16. The summed E-state index contributed by atoms with van der Waals surface area (Å²) in [5, 5.41) is 0. The molecule has 0 unspecified atom stereocenters. The molecular weight excluding hydrogens is 192 g/mol. The van der Waals surface area contributed by atoms with Crippen LogP contribution in [-0.4, -0.2) is 18.4 Å². The Morgan fingerprint density at radius 1 is 1.13 bits per heavy atom. The molecule has 0 N–H and O–H groups in total. The molecule has 0 heterocycles. The maximum Gasteiger partial charge on any atom is 0.341 e. The number of ketones is 1. The van der Waals surface area contributed by atoms with Crippen LogP contribution < -0.4 is 0 Å². The second-order valence-electron chi connectivity index (χ2n) is 3.54. The van der Waals surface area contributed by atoms with Crippen molar-refractivity contribution in [1.82, 2.24) is 0 Å². The lowest BCUT2D eigenvalue weighted by molar-refractivity contribution is -0.139. The van der Waals surface area contributed by atoms with Gasteiger partial charge in [-0.25, -0.2) is 4.79 Å². The number of ether oxygens (including phenoxy) is 1. The van der Waals surface area contributed by atoms with E-state index in [9.17, 15) is 9.59 Å². The van der Waals surface area contributed by atoms with Crippen molar-refractivity contribution in [1.29, 1.82) is 0 Å². The average molecular weight is 212 g/mol. The van der Waals surface area contributed by atoms with Crippen LogP contribution in [0.25, 0.3) is 0 Å². The summed E-state index contributed by atoms with van der Waals surface area (Å²) < 4.78 is 4.85. The normalized spacial score (nSPS) is 12.0. The van der Waals surface area contributed by atoms with Gasteiger partial charge < -0.3 is 4.74 Å². The van der Waals surface area contributed by atoms with Crippen LogP contribution >= 0.6 is 0 Å². The first-order chi connectivity index (χ1) is 7.04. The summed E-state index contributed by atoms with van der Waals surface area (Å²) in [6.07, 6.45) is 2.82. The number of allylic oxidation sites excluding steroid dienone is 1. The summed E-state index contributed by atoms with van der Waals surface area (Å²) >= 11 is 0. The van der Waals surface area contributed by atoms with Gasteiger partial charge in [0.05, 0.1) is 6.61 Å². The fourth-order valence-electron chi connectivity index (χ4n) is 1.39. The van der Waals surface area contributed by atoms with Crippen LogP contribution in [-0.2, 0) is 14.3 Å². The van der Waals surface area contributed by atoms with Crippen LogP contribution in [0.4, 0.5) is 0 Å². The molecule has 0 aromatic heterocycles. The Balaban J connectivity index is 4.76. The fourth-order valence-corrected chi connectivity index (χ4v) is 1.39. The van der Waals surface area contributed by atoms with E-state index in [2.05, 4.69) is 6.92 Å². The highest BCUT2D eigenvalue weighted by molar-refractivity contribution is 6.16. The van der Waals surface area contributed by atoms with E-state index in [0.717, 1.165) is 24.8 Å². The molecule has 0 saturated heterocycles. The predicted octanol–water partition coefficient (Wildman–Crippen LogP) is 2.65. The Bertz CT molecular complexity index is 264. The van der Waals surface area contributed by atoms with Crippen molar-refractivity contribution in [3.8, 4) is 0 Å². The molecule has 86 valence electrons. The quantitative estimate of drug-likeness (QED) is 0.294. The molecule has 3 heteroatoms. The Morgan fingerprint density at radius 2 is 1.73 bits per heavy atom. The largest absolute Gasteiger partial charge is 0.462 e. The first-order valence-electron chi connectivity index (χ1n) is 5.42. The van der Waals surface area contributed by atoms with Gasteiger partial charge in [0.25, 0.3) is 0 Å². The van der Waals surface area contributed by atoms with Gasteiger partial charge in [0.15, 0.2) is 5.78 Å². The topological polar surface area (TPSA) is 43.4 Å². The number of hydrogen-bond donors (Lipinski definition) is 0. The summed E-state index contributed by atoms with van der Waals surface area (Å²) in [5.41, 5.74) is 1.06. The monoisotopic (exact) mass is 212 g/mol. The molecule has 0 saturated carbocycles. The molecule has 0 rings (SSSR count). The van der Waals surface area contributed by atoms with Crippen molar-refractivity contribution in [3.05, 3.63) is 11.1 Å². The van der Waals surface area contributed by atoms with E-state index in [0.29, 0.717) is 6.61 Å². The summed E-state index contributed by atoms with van der Waals surface area (Å²) in [4.78, 5) is 22.8. The molecule has 0 bridgehead atoms. The zero-order chi connectivity index (χ0) is 11.8.